The molecule has 20 heavy (non-hydrogen) atoms. The topological polar surface area (TPSA) is 49.3 Å². The minimum atomic E-state index is -0.421. The highest BCUT2D eigenvalue weighted by molar-refractivity contribution is 5.76. The summed E-state index contributed by atoms with van der Waals surface area (Å²) < 4.78 is 0. The summed E-state index contributed by atoms with van der Waals surface area (Å²) in [6.07, 6.45) is 8.38. The number of hydrogen-bond donors (Lipinski definition) is 2. The molecule has 0 aliphatic heterocycles. The molecule has 1 atom stereocenters. The van der Waals surface area contributed by atoms with Crippen LogP contribution in [0.2, 0.25) is 0 Å². The van der Waals surface area contributed by atoms with Crippen LogP contribution in [0.4, 0.5) is 0 Å². The van der Waals surface area contributed by atoms with Crippen molar-refractivity contribution in [3.8, 4) is 0 Å². The Balaban J connectivity index is 1.54. The van der Waals surface area contributed by atoms with Crippen molar-refractivity contribution < 1.29 is 9.90 Å². The molecule has 4 aliphatic carbocycles. The van der Waals surface area contributed by atoms with Crippen molar-refractivity contribution in [2.45, 2.75) is 64.9 Å². The van der Waals surface area contributed by atoms with Crippen LogP contribution in [0.5, 0.6) is 0 Å². The molecule has 0 spiro atoms. The fourth-order valence-electron chi connectivity index (χ4n) is 5.36. The Morgan fingerprint density at radius 1 is 1.15 bits per heavy atom. The Hall–Kier alpha value is -0.570. The summed E-state index contributed by atoms with van der Waals surface area (Å²) >= 11 is 0. The highest BCUT2D eigenvalue weighted by Crippen LogP contribution is 2.61. The van der Waals surface area contributed by atoms with Crippen LogP contribution in [0.3, 0.4) is 0 Å². The molecule has 114 valence electrons. The quantitative estimate of drug-likeness (QED) is 0.813. The Morgan fingerprint density at radius 2 is 1.65 bits per heavy atom. The SMILES string of the molecule is CC(C)C(O)CNC(=O)CC12CC3CC(CC(C3)C1)C2. The molecule has 3 heteroatoms. The van der Waals surface area contributed by atoms with Crippen molar-refractivity contribution in [2.24, 2.45) is 29.1 Å². The van der Waals surface area contributed by atoms with Crippen LogP contribution in [0.15, 0.2) is 0 Å². The number of carbonyl (C=O) groups is 1. The molecule has 4 bridgehead atoms. The molecule has 1 amide bonds. The minimum Gasteiger partial charge on any atom is -0.391 e. The summed E-state index contributed by atoms with van der Waals surface area (Å²) in [5.41, 5.74) is 0.307. The van der Waals surface area contributed by atoms with E-state index in [1.807, 2.05) is 13.8 Å². The predicted octanol–water partition coefficient (Wildman–Crippen LogP) is 2.73. The maximum Gasteiger partial charge on any atom is 0.220 e. The lowest BCUT2D eigenvalue weighted by Gasteiger charge is -2.56. The fourth-order valence-corrected chi connectivity index (χ4v) is 5.36. The maximum absolute atomic E-state index is 12.2. The van der Waals surface area contributed by atoms with Crippen LogP contribution in [0.25, 0.3) is 0 Å². The second-order valence-corrected chi connectivity index (χ2v) is 8.21. The van der Waals surface area contributed by atoms with Crippen LogP contribution in [0.1, 0.15) is 58.8 Å². The first-order chi connectivity index (χ1) is 9.46. The first-order valence-corrected chi connectivity index (χ1v) is 8.40. The molecule has 2 N–H and O–H groups in total. The summed E-state index contributed by atoms with van der Waals surface area (Å²) in [5.74, 6) is 3.06. The molecule has 3 nitrogen and oxygen atoms in total. The van der Waals surface area contributed by atoms with Gasteiger partial charge in [-0.05, 0) is 67.6 Å². The van der Waals surface area contributed by atoms with Crippen molar-refractivity contribution in [1.29, 1.82) is 0 Å². The number of rotatable bonds is 5. The number of amides is 1. The molecule has 0 aromatic heterocycles. The second-order valence-electron chi connectivity index (χ2n) is 8.21. The summed E-state index contributed by atoms with van der Waals surface area (Å²) in [6, 6.07) is 0. The summed E-state index contributed by atoms with van der Waals surface area (Å²) in [6.45, 7) is 4.37. The van der Waals surface area contributed by atoms with Crippen molar-refractivity contribution >= 4 is 5.91 Å². The van der Waals surface area contributed by atoms with Gasteiger partial charge < -0.3 is 10.4 Å². The van der Waals surface area contributed by atoms with Gasteiger partial charge in [-0.15, -0.1) is 0 Å². The van der Waals surface area contributed by atoms with Crippen molar-refractivity contribution in [2.75, 3.05) is 6.54 Å². The monoisotopic (exact) mass is 279 g/mol. The molecule has 4 rings (SSSR count). The van der Waals surface area contributed by atoms with E-state index in [0.717, 1.165) is 17.8 Å². The van der Waals surface area contributed by atoms with Gasteiger partial charge >= 0.3 is 0 Å². The van der Waals surface area contributed by atoms with E-state index in [1.165, 1.54) is 38.5 Å². The lowest BCUT2D eigenvalue weighted by Crippen LogP contribution is -2.48. The smallest absolute Gasteiger partial charge is 0.220 e. The van der Waals surface area contributed by atoms with Crippen LogP contribution in [0, 0.1) is 29.1 Å². The Bertz CT molecular complexity index is 342. The minimum absolute atomic E-state index is 0.159. The number of carbonyl (C=O) groups excluding carboxylic acids is 1. The third kappa shape index (κ3) is 2.88. The van der Waals surface area contributed by atoms with Gasteiger partial charge in [0.2, 0.25) is 5.91 Å². The van der Waals surface area contributed by atoms with E-state index in [0.29, 0.717) is 18.4 Å². The fraction of sp³-hybridized carbons (Fsp3) is 0.941. The molecule has 0 heterocycles. The molecule has 0 aromatic carbocycles. The Morgan fingerprint density at radius 3 is 2.10 bits per heavy atom. The molecular formula is C17H29NO2. The van der Waals surface area contributed by atoms with E-state index < -0.39 is 6.10 Å². The molecule has 4 fully saturated rings. The van der Waals surface area contributed by atoms with Crippen LogP contribution in [-0.4, -0.2) is 23.7 Å². The average Bonchev–Trinajstić information content (AvgIpc) is 2.33. The summed E-state index contributed by atoms with van der Waals surface area (Å²) in [4.78, 5) is 12.2. The largest absolute Gasteiger partial charge is 0.391 e. The van der Waals surface area contributed by atoms with Crippen LogP contribution < -0.4 is 5.32 Å². The molecule has 0 aromatic rings. The van der Waals surface area contributed by atoms with Gasteiger partial charge in [0.25, 0.3) is 0 Å². The molecular weight excluding hydrogens is 250 g/mol. The van der Waals surface area contributed by atoms with Gasteiger partial charge in [0.1, 0.15) is 0 Å². The summed E-state index contributed by atoms with van der Waals surface area (Å²) in [5, 5.41) is 12.7. The molecule has 4 aliphatic rings. The van der Waals surface area contributed by atoms with Crippen molar-refractivity contribution in [3.63, 3.8) is 0 Å². The summed E-state index contributed by atoms with van der Waals surface area (Å²) in [7, 11) is 0. The highest BCUT2D eigenvalue weighted by atomic mass is 16.3. The standard InChI is InChI=1S/C17H29NO2/c1-11(2)15(19)10-18-16(20)9-17-6-12-3-13(7-17)5-14(4-12)8-17/h11-15,19H,3-10H2,1-2H3,(H,18,20). The van der Waals surface area contributed by atoms with E-state index in [4.69, 9.17) is 0 Å². The van der Waals surface area contributed by atoms with Crippen LogP contribution in [-0.2, 0) is 4.79 Å². The van der Waals surface area contributed by atoms with Gasteiger partial charge in [-0.2, -0.15) is 0 Å². The normalized spacial score (nSPS) is 40.1. The molecule has 1 unspecified atom stereocenters. The van der Waals surface area contributed by atoms with Gasteiger partial charge in [0, 0.05) is 13.0 Å². The number of hydrogen-bond acceptors (Lipinski definition) is 2. The molecule has 4 saturated carbocycles. The second kappa shape index (κ2) is 5.32. The van der Waals surface area contributed by atoms with E-state index in [2.05, 4.69) is 5.32 Å². The van der Waals surface area contributed by atoms with E-state index >= 15 is 0 Å². The lowest BCUT2D eigenvalue weighted by molar-refractivity contribution is -0.130. The van der Waals surface area contributed by atoms with Gasteiger partial charge in [-0.25, -0.2) is 0 Å². The third-order valence-corrected chi connectivity index (χ3v) is 5.98. The van der Waals surface area contributed by atoms with Crippen molar-refractivity contribution in [1.82, 2.24) is 5.32 Å². The predicted molar refractivity (Wildman–Crippen MR) is 79.1 cm³/mol. The lowest BCUT2D eigenvalue weighted by atomic mass is 9.49. The first kappa shape index (κ1) is 14.4. The highest BCUT2D eigenvalue weighted by Gasteiger charge is 2.51. The zero-order valence-corrected chi connectivity index (χ0v) is 12.9. The number of aliphatic hydroxyl groups excluding tert-OH is 1. The Kier molecular flexibility index (Phi) is 3.83. The van der Waals surface area contributed by atoms with E-state index in [-0.39, 0.29) is 11.8 Å². The molecule has 0 saturated heterocycles. The van der Waals surface area contributed by atoms with Crippen molar-refractivity contribution in [3.05, 3.63) is 0 Å². The van der Waals surface area contributed by atoms with E-state index in [9.17, 15) is 9.90 Å². The van der Waals surface area contributed by atoms with Gasteiger partial charge in [0.15, 0.2) is 0 Å². The van der Waals surface area contributed by atoms with Gasteiger partial charge in [-0.3, -0.25) is 4.79 Å². The number of nitrogens with one attached hydrogen (secondary N) is 1. The maximum atomic E-state index is 12.2. The number of aliphatic hydroxyl groups is 1. The average molecular weight is 279 g/mol. The Labute approximate surface area is 122 Å². The van der Waals surface area contributed by atoms with Crippen LogP contribution >= 0.6 is 0 Å². The van der Waals surface area contributed by atoms with Gasteiger partial charge in [-0.1, -0.05) is 13.8 Å². The molecule has 0 radical (unpaired) electrons. The zero-order chi connectivity index (χ0) is 14.3. The third-order valence-electron chi connectivity index (χ3n) is 5.98. The van der Waals surface area contributed by atoms with Gasteiger partial charge in [0.05, 0.1) is 6.10 Å². The first-order valence-electron chi connectivity index (χ1n) is 8.40. The van der Waals surface area contributed by atoms with E-state index in [1.54, 1.807) is 0 Å². The zero-order valence-electron chi connectivity index (χ0n) is 12.9.